The number of hydrogen-bond acceptors (Lipinski definition) is 3. The molecule has 0 radical (unpaired) electrons. The SMILES string of the molecule is CC(=O)N1CCN(Cc2c(-c3ccccc3)nc3ccc(-c4cc(C)ccc4C)cn23)CC1. The standard InChI is InChI=1S/C28H30N4O/c1-20-9-10-21(2)25(17-20)24-11-12-27-29-28(23-7-5-4-6-8-23)26(32(27)18-24)19-30-13-15-31(16-14-30)22(3)33/h4-12,17-18H,13-16,19H2,1-3H3. The zero-order chi connectivity index (χ0) is 22.9. The number of imidazole rings is 1. The van der Waals surface area contributed by atoms with Crippen molar-refractivity contribution in [3.05, 3.63) is 83.7 Å². The van der Waals surface area contributed by atoms with Crippen molar-refractivity contribution < 1.29 is 4.79 Å². The molecule has 1 amide bonds. The molecule has 168 valence electrons. The number of pyridine rings is 1. The molecule has 3 heterocycles. The molecule has 4 aromatic rings. The predicted molar refractivity (Wildman–Crippen MR) is 133 cm³/mol. The Morgan fingerprint density at radius 2 is 1.67 bits per heavy atom. The van der Waals surface area contributed by atoms with E-state index >= 15 is 0 Å². The van der Waals surface area contributed by atoms with Crippen molar-refractivity contribution in [1.82, 2.24) is 19.2 Å². The fraction of sp³-hybridized carbons (Fsp3) is 0.286. The molecule has 1 aliphatic rings. The lowest BCUT2D eigenvalue weighted by molar-refractivity contribution is -0.130. The van der Waals surface area contributed by atoms with Gasteiger partial charge in [-0.2, -0.15) is 0 Å². The summed E-state index contributed by atoms with van der Waals surface area (Å²) in [4.78, 5) is 21.2. The van der Waals surface area contributed by atoms with E-state index in [0.29, 0.717) is 0 Å². The number of fused-ring (bicyclic) bond motifs is 1. The molecular weight excluding hydrogens is 408 g/mol. The van der Waals surface area contributed by atoms with Crippen LogP contribution < -0.4 is 0 Å². The fourth-order valence-electron chi connectivity index (χ4n) is 4.71. The molecule has 5 heteroatoms. The van der Waals surface area contributed by atoms with E-state index < -0.39 is 0 Å². The van der Waals surface area contributed by atoms with E-state index in [1.54, 1.807) is 6.92 Å². The van der Waals surface area contributed by atoms with Crippen molar-refractivity contribution in [2.45, 2.75) is 27.3 Å². The Hall–Kier alpha value is -3.44. The average molecular weight is 439 g/mol. The Morgan fingerprint density at radius 3 is 2.39 bits per heavy atom. The highest BCUT2D eigenvalue weighted by atomic mass is 16.2. The minimum absolute atomic E-state index is 0.160. The Labute approximate surface area is 195 Å². The molecule has 0 N–H and O–H groups in total. The van der Waals surface area contributed by atoms with Gasteiger partial charge in [-0.1, -0.05) is 54.1 Å². The smallest absolute Gasteiger partial charge is 0.219 e. The summed E-state index contributed by atoms with van der Waals surface area (Å²) in [6.07, 6.45) is 2.23. The normalized spacial score (nSPS) is 14.7. The molecule has 0 atom stereocenters. The molecule has 33 heavy (non-hydrogen) atoms. The molecule has 2 aromatic heterocycles. The van der Waals surface area contributed by atoms with Gasteiger partial charge in [0.25, 0.3) is 0 Å². The monoisotopic (exact) mass is 438 g/mol. The van der Waals surface area contributed by atoms with E-state index in [-0.39, 0.29) is 5.91 Å². The van der Waals surface area contributed by atoms with Gasteiger partial charge in [0.05, 0.1) is 11.4 Å². The van der Waals surface area contributed by atoms with Crippen molar-refractivity contribution in [3.63, 3.8) is 0 Å². The number of rotatable bonds is 4. The highest BCUT2D eigenvalue weighted by Gasteiger charge is 2.22. The van der Waals surface area contributed by atoms with Crippen LogP contribution in [0.5, 0.6) is 0 Å². The van der Waals surface area contributed by atoms with Crippen LogP contribution in [0.3, 0.4) is 0 Å². The zero-order valence-electron chi connectivity index (χ0n) is 19.6. The van der Waals surface area contributed by atoms with Gasteiger partial charge >= 0.3 is 0 Å². The van der Waals surface area contributed by atoms with Crippen LogP contribution in [0.25, 0.3) is 28.0 Å². The first-order chi connectivity index (χ1) is 16.0. The molecule has 5 rings (SSSR count). The van der Waals surface area contributed by atoms with Gasteiger partial charge < -0.3 is 9.30 Å². The lowest BCUT2D eigenvalue weighted by Gasteiger charge is -2.34. The summed E-state index contributed by atoms with van der Waals surface area (Å²) in [6, 6.07) is 21.3. The minimum Gasteiger partial charge on any atom is -0.340 e. The number of aromatic nitrogens is 2. The van der Waals surface area contributed by atoms with E-state index in [1.165, 1.54) is 27.9 Å². The summed E-state index contributed by atoms with van der Waals surface area (Å²) in [5, 5.41) is 0. The summed E-state index contributed by atoms with van der Waals surface area (Å²) in [6.45, 7) is 10.1. The molecule has 2 aromatic carbocycles. The quantitative estimate of drug-likeness (QED) is 0.453. The van der Waals surface area contributed by atoms with Gasteiger partial charge in [-0.15, -0.1) is 0 Å². The molecule has 0 unspecified atom stereocenters. The van der Waals surface area contributed by atoms with E-state index in [2.05, 4.69) is 83.9 Å². The lowest BCUT2D eigenvalue weighted by atomic mass is 10.00. The van der Waals surface area contributed by atoms with Crippen LogP contribution in [0.2, 0.25) is 0 Å². The number of carbonyl (C=O) groups excluding carboxylic acids is 1. The second-order valence-electron chi connectivity index (χ2n) is 9.02. The molecule has 0 saturated carbocycles. The van der Waals surface area contributed by atoms with Gasteiger partial charge in [0.1, 0.15) is 5.65 Å². The Morgan fingerprint density at radius 1 is 0.909 bits per heavy atom. The third-order valence-electron chi connectivity index (χ3n) is 6.66. The molecular formula is C28H30N4O. The molecule has 0 spiro atoms. The zero-order valence-corrected chi connectivity index (χ0v) is 19.6. The fourth-order valence-corrected chi connectivity index (χ4v) is 4.71. The lowest BCUT2D eigenvalue weighted by Crippen LogP contribution is -2.47. The molecule has 1 fully saturated rings. The van der Waals surface area contributed by atoms with Crippen LogP contribution in [0.4, 0.5) is 0 Å². The average Bonchev–Trinajstić information content (AvgIpc) is 3.19. The third-order valence-corrected chi connectivity index (χ3v) is 6.66. The van der Waals surface area contributed by atoms with Crippen molar-refractivity contribution in [3.8, 4) is 22.4 Å². The first kappa shape index (κ1) is 21.4. The van der Waals surface area contributed by atoms with Crippen molar-refractivity contribution in [2.24, 2.45) is 0 Å². The number of piperazine rings is 1. The number of hydrogen-bond donors (Lipinski definition) is 0. The topological polar surface area (TPSA) is 40.9 Å². The second kappa shape index (κ2) is 8.83. The van der Waals surface area contributed by atoms with E-state index in [9.17, 15) is 4.79 Å². The van der Waals surface area contributed by atoms with E-state index in [4.69, 9.17) is 4.98 Å². The Bertz CT molecular complexity index is 1300. The van der Waals surface area contributed by atoms with Crippen LogP contribution >= 0.6 is 0 Å². The molecule has 1 saturated heterocycles. The number of amides is 1. The maximum Gasteiger partial charge on any atom is 0.219 e. The van der Waals surface area contributed by atoms with Gasteiger partial charge in [0.2, 0.25) is 5.91 Å². The summed E-state index contributed by atoms with van der Waals surface area (Å²) < 4.78 is 2.26. The van der Waals surface area contributed by atoms with E-state index in [0.717, 1.165) is 49.6 Å². The summed E-state index contributed by atoms with van der Waals surface area (Å²) in [5.74, 6) is 0.160. The first-order valence-electron chi connectivity index (χ1n) is 11.6. The maximum absolute atomic E-state index is 11.8. The first-order valence-corrected chi connectivity index (χ1v) is 11.6. The van der Waals surface area contributed by atoms with Gasteiger partial charge in [-0.25, -0.2) is 4.98 Å². The van der Waals surface area contributed by atoms with Gasteiger partial charge in [-0.05, 0) is 42.7 Å². The maximum atomic E-state index is 11.8. The highest BCUT2D eigenvalue weighted by Crippen LogP contribution is 2.30. The van der Waals surface area contributed by atoms with Crippen LogP contribution in [0.15, 0.2) is 66.9 Å². The highest BCUT2D eigenvalue weighted by molar-refractivity contribution is 5.73. The number of nitrogens with zero attached hydrogens (tertiary/aromatic N) is 4. The number of carbonyl (C=O) groups is 1. The van der Waals surface area contributed by atoms with Crippen molar-refractivity contribution in [1.29, 1.82) is 0 Å². The number of benzene rings is 2. The summed E-state index contributed by atoms with van der Waals surface area (Å²) in [7, 11) is 0. The van der Waals surface area contributed by atoms with Crippen molar-refractivity contribution >= 4 is 11.6 Å². The summed E-state index contributed by atoms with van der Waals surface area (Å²) in [5.41, 5.74) is 9.30. The van der Waals surface area contributed by atoms with Crippen LogP contribution in [-0.2, 0) is 11.3 Å². The van der Waals surface area contributed by atoms with Crippen molar-refractivity contribution in [2.75, 3.05) is 26.2 Å². The van der Waals surface area contributed by atoms with Crippen LogP contribution in [-0.4, -0.2) is 51.3 Å². The van der Waals surface area contributed by atoms with Gasteiger partial charge in [0.15, 0.2) is 0 Å². The molecule has 1 aliphatic heterocycles. The Balaban J connectivity index is 1.58. The van der Waals surface area contributed by atoms with Gasteiger partial charge in [0, 0.05) is 51.4 Å². The predicted octanol–water partition coefficient (Wildman–Crippen LogP) is 4.95. The van der Waals surface area contributed by atoms with E-state index in [1.807, 2.05) is 11.0 Å². The van der Waals surface area contributed by atoms with Gasteiger partial charge in [-0.3, -0.25) is 9.69 Å². The molecule has 0 aliphatic carbocycles. The minimum atomic E-state index is 0.160. The van der Waals surface area contributed by atoms with Crippen LogP contribution in [0, 0.1) is 13.8 Å². The molecule has 5 nitrogen and oxygen atoms in total. The Kier molecular flexibility index (Phi) is 5.73. The summed E-state index contributed by atoms with van der Waals surface area (Å²) >= 11 is 0. The second-order valence-corrected chi connectivity index (χ2v) is 9.02. The molecule has 0 bridgehead atoms. The number of aryl methyl sites for hydroxylation is 2. The largest absolute Gasteiger partial charge is 0.340 e. The van der Waals surface area contributed by atoms with Crippen LogP contribution in [0.1, 0.15) is 23.7 Å². The third kappa shape index (κ3) is 4.29.